The SMILES string of the molecule is COC(=O)C(/C=C/[P+](c1ccccc1)(c1ccccc1)c1ccccc1)CC(=O)c1ccccc1. The van der Waals surface area contributed by atoms with Gasteiger partial charge in [-0.3, -0.25) is 9.59 Å². The first kappa shape index (κ1) is 24.3. The van der Waals surface area contributed by atoms with Gasteiger partial charge in [0.15, 0.2) is 5.78 Å². The summed E-state index contributed by atoms with van der Waals surface area (Å²) in [5, 5.41) is 3.52. The number of benzene rings is 4. The molecule has 1 atom stereocenters. The van der Waals surface area contributed by atoms with E-state index in [2.05, 4.69) is 42.2 Å². The van der Waals surface area contributed by atoms with E-state index in [1.165, 1.54) is 23.0 Å². The molecule has 0 saturated heterocycles. The molecule has 4 aromatic carbocycles. The smallest absolute Gasteiger partial charge is 0.313 e. The number of hydrogen-bond donors (Lipinski definition) is 0. The van der Waals surface area contributed by atoms with E-state index in [1.807, 2.05) is 78.9 Å². The van der Waals surface area contributed by atoms with Crippen molar-refractivity contribution in [1.29, 1.82) is 0 Å². The van der Waals surface area contributed by atoms with E-state index in [1.54, 1.807) is 12.1 Å². The summed E-state index contributed by atoms with van der Waals surface area (Å²) in [5.41, 5.74) is 0.588. The lowest BCUT2D eigenvalue weighted by Crippen LogP contribution is -2.30. The molecule has 0 bridgehead atoms. The van der Waals surface area contributed by atoms with E-state index in [4.69, 9.17) is 4.74 Å². The Morgan fingerprint density at radius 2 is 1.09 bits per heavy atom. The van der Waals surface area contributed by atoms with E-state index in [0.717, 1.165) is 0 Å². The van der Waals surface area contributed by atoms with Crippen molar-refractivity contribution < 1.29 is 14.3 Å². The van der Waals surface area contributed by atoms with E-state index in [-0.39, 0.29) is 12.2 Å². The molecule has 0 aliphatic heterocycles. The Hall–Kier alpha value is -3.81. The quantitative estimate of drug-likeness (QED) is 0.179. The molecule has 4 aromatic rings. The summed E-state index contributed by atoms with van der Waals surface area (Å²) in [5.74, 6) is 0.960. The normalized spacial score (nSPS) is 12.3. The Morgan fingerprint density at radius 1 is 0.686 bits per heavy atom. The van der Waals surface area contributed by atoms with E-state index in [0.29, 0.717) is 5.56 Å². The zero-order valence-corrected chi connectivity index (χ0v) is 20.6. The highest BCUT2D eigenvalue weighted by Gasteiger charge is 2.43. The summed E-state index contributed by atoms with van der Waals surface area (Å²) in [4.78, 5) is 25.8. The highest BCUT2D eigenvalue weighted by molar-refractivity contribution is 7.98. The maximum atomic E-state index is 13.0. The third kappa shape index (κ3) is 5.48. The average molecular weight is 480 g/mol. The van der Waals surface area contributed by atoms with Gasteiger partial charge in [-0.25, -0.2) is 0 Å². The third-order valence-electron chi connectivity index (χ3n) is 6.04. The number of methoxy groups -OCH3 is 1. The zero-order valence-electron chi connectivity index (χ0n) is 19.7. The second-order valence-corrected chi connectivity index (χ2v) is 11.5. The maximum absolute atomic E-state index is 13.0. The van der Waals surface area contributed by atoms with Crippen LogP contribution in [-0.2, 0) is 9.53 Å². The molecule has 0 amide bonds. The number of rotatable bonds is 9. The molecule has 0 heterocycles. The van der Waals surface area contributed by atoms with Crippen LogP contribution in [0.25, 0.3) is 0 Å². The summed E-state index contributed by atoms with van der Waals surface area (Å²) in [6, 6.07) is 40.2. The lowest BCUT2D eigenvalue weighted by Gasteiger charge is -2.24. The van der Waals surface area contributed by atoms with Crippen molar-refractivity contribution in [3.05, 3.63) is 139 Å². The molecule has 0 aromatic heterocycles. The molecule has 0 spiro atoms. The minimum absolute atomic E-state index is 0.0472. The van der Waals surface area contributed by atoms with Crippen LogP contribution in [0.5, 0.6) is 0 Å². The summed E-state index contributed by atoms with van der Waals surface area (Å²) in [6.07, 6.45) is 1.93. The van der Waals surface area contributed by atoms with Gasteiger partial charge in [-0.2, -0.15) is 0 Å². The molecule has 0 aliphatic carbocycles. The van der Waals surface area contributed by atoms with Crippen LogP contribution in [0.15, 0.2) is 133 Å². The van der Waals surface area contributed by atoms with Crippen LogP contribution in [0.2, 0.25) is 0 Å². The standard InChI is InChI=1S/C31H28O3P/c1-34-31(33)26(24-30(32)25-14-6-2-7-15-25)22-23-35(27-16-8-3-9-17-27,28-18-10-4-11-19-28)29-20-12-5-13-21-29/h2-23,26H,24H2,1H3/q+1/b23-22+. The Balaban J connectivity index is 1.84. The molecule has 174 valence electrons. The molecular weight excluding hydrogens is 451 g/mol. The molecular formula is C31H28O3P+. The minimum atomic E-state index is -2.27. The van der Waals surface area contributed by atoms with Gasteiger partial charge in [0.05, 0.1) is 18.8 Å². The highest BCUT2D eigenvalue weighted by atomic mass is 31.2. The Kier molecular flexibility index (Phi) is 8.03. The molecule has 0 saturated carbocycles. The van der Waals surface area contributed by atoms with Gasteiger partial charge in [0, 0.05) is 12.0 Å². The van der Waals surface area contributed by atoms with Gasteiger partial charge in [0.1, 0.15) is 23.2 Å². The van der Waals surface area contributed by atoms with Gasteiger partial charge in [-0.05, 0) is 42.5 Å². The molecule has 0 aliphatic rings. The van der Waals surface area contributed by atoms with Crippen molar-refractivity contribution in [3.63, 3.8) is 0 Å². The second-order valence-electron chi connectivity index (χ2n) is 8.19. The van der Waals surface area contributed by atoms with Crippen LogP contribution < -0.4 is 15.9 Å². The van der Waals surface area contributed by atoms with Crippen LogP contribution in [0.1, 0.15) is 16.8 Å². The van der Waals surface area contributed by atoms with Crippen molar-refractivity contribution in [2.24, 2.45) is 5.92 Å². The van der Waals surface area contributed by atoms with Crippen molar-refractivity contribution in [2.75, 3.05) is 7.11 Å². The van der Waals surface area contributed by atoms with Crippen molar-refractivity contribution in [1.82, 2.24) is 0 Å². The first-order valence-corrected chi connectivity index (χ1v) is 13.4. The van der Waals surface area contributed by atoms with Gasteiger partial charge < -0.3 is 4.74 Å². The van der Waals surface area contributed by atoms with Crippen LogP contribution in [0.4, 0.5) is 0 Å². The molecule has 0 fully saturated rings. The summed E-state index contributed by atoms with van der Waals surface area (Å²) < 4.78 is 5.10. The van der Waals surface area contributed by atoms with E-state index >= 15 is 0 Å². The first-order valence-electron chi connectivity index (χ1n) is 11.6. The minimum Gasteiger partial charge on any atom is -0.469 e. The molecule has 0 N–H and O–H groups in total. The lowest BCUT2D eigenvalue weighted by molar-refractivity contribution is -0.143. The topological polar surface area (TPSA) is 43.4 Å². The van der Waals surface area contributed by atoms with Crippen LogP contribution in [-0.4, -0.2) is 18.9 Å². The number of Topliss-reactive ketones (excluding diaryl/α,β-unsaturated/α-hetero) is 1. The number of hydrogen-bond acceptors (Lipinski definition) is 3. The van der Waals surface area contributed by atoms with Gasteiger partial charge in [0.25, 0.3) is 0 Å². The first-order chi connectivity index (χ1) is 17.1. The van der Waals surface area contributed by atoms with Crippen LogP contribution in [0, 0.1) is 5.92 Å². The number of carbonyl (C=O) groups is 2. The summed E-state index contributed by atoms with van der Waals surface area (Å²) in [6.45, 7) is 0. The largest absolute Gasteiger partial charge is 0.469 e. The van der Waals surface area contributed by atoms with Crippen LogP contribution >= 0.6 is 7.26 Å². The predicted molar refractivity (Wildman–Crippen MR) is 145 cm³/mol. The molecule has 3 nitrogen and oxygen atoms in total. The summed E-state index contributed by atoms with van der Waals surface area (Å²) >= 11 is 0. The second kappa shape index (κ2) is 11.6. The van der Waals surface area contributed by atoms with Gasteiger partial charge >= 0.3 is 5.97 Å². The predicted octanol–water partition coefficient (Wildman–Crippen LogP) is 5.56. The highest BCUT2D eigenvalue weighted by Crippen LogP contribution is 2.57. The number of esters is 1. The zero-order chi connectivity index (χ0) is 24.5. The molecule has 4 rings (SSSR count). The van der Waals surface area contributed by atoms with Crippen molar-refractivity contribution in [3.8, 4) is 0 Å². The Bertz CT molecular complexity index is 1170. The maximum Gasteiger partial charge on any atom is 0.313 e. The number of carbonyl (C=O) groups excluding carboxylic acids is 2. The molecule has 35 heavy (non-hydrogen) atoms. The fourth-order valence-electron chi connectivity index (χ4n) is 4.25. The summed E-state index contributed by atoms with van der Waals surface area (Å²) in [7, 11) is -0.907. The third-order valence-corrected chi connectivity index (χ3v) is 9.99. The van der Waals surface area contributed by atoms with E-state index in [9.17, 15) is 9.59 Å². The Labute approximate surface area is 207 Å². The number of ether oxygens (including phenoxy) is 1. The van der Waals surface area contributed by atoms with Gasteiger partial charge in [-0.1, -0.05) is 84.9 Å². The monoisotopic (exact) mass is 479 g/mol. The fraction of sp³-hybridized carbons (Fsp3) is 0.0968. The average Bonchev–Trinajstić information content (AvgIpc) is 2.94. The molecule has 1 unspecified atom stereocenters. The Morgan fingerprint density at radius 3 is 1.49 bits per heavy atom. The molecule has 0 radical (unpaired) electrons. The molecule has 4 heteroatoms. The lowest BCUT2D eigenvalue weighted by atomic mass is 9.98. The fourth-order valence-corrected chi connectivity index (χ4v) is 8.05. The van der Waals surface area contributed by atoms with E-state index < -0.39 is 19.1 Å². The van der Waals surface area contributed by atoms with Crippen molar-refractivity contribution >= 4 is 34.9 Å². The van der Waals surface area contributed by atoms with Gasteiger partial charge in [-0.15, -0.1) is 0 Å². The van der Waals surface area contributed by atoms with Gasteiger partial charge in [0.2, 0.25) is 0 Å². The van der Waals surface area contributed by atoms with Crippen molar-refractivity contribution in [2.45, 2.75) is 6.42 Å². The number of ketones is 1. The van der Waals surface area contributed by atoms with Crippen LogP contribution in [0.3, 0.4) is 0 Å².